The molecule has 3 rings (SSSR count). The lowest BCUT2D eigenvalue weighted by Crippen LogP contribution is -2.42. The highest BCUT2D eigenvalue weighted by atomic mass is 32.2. The number of hydrogen-bond donors (Lipinski definition) is 1. The highest BCUT2D eigenvalue weighted by Crippen LogP contribution is 2.30. The van der Waals surface area contributed by atoms with Crippen LogP contribution in [0.25, 0.3) is 0 Å². The third kappa shape index (κ3) is 5.07. The van der Waals surface area contributed by atoms with Gasteiger partial charge in [-0.15, -0.1) is 0 Å². The molecule has 1 aliphatic rings. The molecule has 0 aliphatic carbocycles. The van der Waals surface area contributed by atoms with Crippen LogP contribution in [0.15, 0.2) is 46.3 Å². The molecule has 8 heteroatoms. The Morgan fingerprint density at radius 3 is 2.25 bits per heavy atom. The van der Waals surface area contributed by atoms with Crippen molar-refractivity contribution in [2.45, 2.75) is 45.4 Å². The molecular weight excluding hydrogens is 426 g/mol. The van der Waals surface area contributed by atoms with Gasteiger partial charge in [-0.2, -0.15) is 0 Å². The minimum atomic E-state index is -3.92. The SMILES string of the molecule is CCCN(CCC)C(=O)C1C=Nc2ccc(S(=O)(=O)Nc3cc(C)cc(C)c3)cc2C1=O. The molecule has 0 radical (unpaired) electrons. The van der Waals surface area contributed by atoms with E-state index in [1.165, 1.54) is 24.4 Å². The van der Waals surface area contributed by atoms with Crippen LogP contribution in [-0.2, 0) is 14.8 Å². The second kappa shape index (κ2) is 9.65. The van der Waals surface area contributed by atoms with E-state index in [4.69, 9.17) is 0 Å². The molecule has 7 nitrogen and oxygen atoms in total. The predicted molar refractivity (Wildman–Crippen MR) is 126 cm³/mol. The Kier molecular flexibility index (Phi) is 7.13. The molecule has 32 heavy (non-hydrogen) atoms. The number of aryl methyl sites for hydroxylation is 2. The monoisotopic (exact) mass is 455 g/mol. The molecule has 1 aliphatic heterocycles. The standard InChI is InChI=1S/C24H29N3O4S/c1-5-9-27(10-6-2)24(29)21-15-25-22-8-7-19(14-20(22)23(21)28)32(30,31)26-18-12-16(3)11-17(4)13-18/h7-8,11-15,21,26H,5-6,9-10H2,1-4H3. The molecule has 1 amide bonds. The number of anilines is 1. The van der Waals surface area contributed by atoms with Gasteiger partial charge in [-0.1, -0.05) is 19.9 Å². The molecule has 0 bridgehead atoms. The number of nitrogens with one attached hydrogen (secondary N) is 1. The number of benzene rings is 2. The summed E-state index contributed by atoms with van der Waals surface area (Å²) in [6, 6.07) is 9.65. The molecule has 2 aromatic rings. The maximum atomic E-state index is 13.1. The molecule has 1 unspecified atom stereocenters. The van der Waals surface area contributed by atoms with Crippen molar-refractivity contribution < 1.29 is 18.0 Å². The Bertz CT molecular complexity index is 1150. The second-order valence-electron chi connectivity index (χ2n) is 8.11. The van der Waals surface area contributed by atoms with E-state index in [-0.39, 0.29) is 16.4 Å². The molecule has 0 saturated carbocycles. The summed E-state index contributed by atoms with van der Waals surface area (Å²) in [5.74, 6) is -1.76. The molecule has 1 heterocycles. The average Bonchev–Trinajstić information content (AvgIpc) is 2.72. The van der Waals surface area contributed by atoms with Crippen LogP contribution in [0.4, 0.5) is 11.4 Å². The third-order valence-electron chi connectivity index (χ3n) is 5.23. The number of fused-ring (bicyclic) bond motifs is 1. The molecule has 170 valence electrons. The van der Waals surface area contributed by atoms with Crippen molar-refractivity contribution in [3.63, 3.8) is 0 Å². The topological polar surface area (TPSA) is 95.9 Å². The van der Waals surface area contributed by atoms with Crippen LogP contribution in [0.3, 0.4) is 0 Å². The number of ketones is 1. The van der Waals surface area contributed by atoms with Crippen LogP contribution in [0.1, 0.15) is 48.2 Å². The highest BCUT2D eigenvalue weighted by Gasteiger charge is 2.34. The predicted octanol–water partition coefficient (Wildman–Crippen LogP) is 4.27. The van der Waals surface area contributed by atoms with E-state index in [1.54, 1.807) is 17.0 Å². The van der Waals surface area contributed by atoms with Gasteiger partial charge in [-0.05, 0) is 68.1 Å². The van der Waals surface area contributed by atoms with Crippen LogP contribution >= 0.6 is 0 Å². The van der Waals surface area contributed by atoms with Gasteiger partial charge in [0.25, 0.3) is 10.0 Å². The third-order valence-corrected chi connectivity index (χ3v) is 6.61. The van der Waals surface area contributed by atoms with Gasteiger partial charge in [0.1, 0.15) is 5.92 Å². The molecule has 1 N–H and O–H groups in total. The fraction of sp³-hybridized carbons (Fsp3) is 0.375. The number of carbonyl (C=O) groups is 2. The zero-order valence-electron chi connectivity index (χ0n) is 18.9. The first-order valence-corrected chi connectivity index (χ1v) is 12.3. The number of nitrogens with zero attached hydrogens (tertiary/aromatic N) is 2. The van der Waals surface area contributed by atoms with E-state index < -0.39 is 21.7 Å². The van der Waals surface area contributed by atoms with E-state index >= 15 is 0 Å². The van der Waals surface area contributed by atoms with Gasteiger partial charge in [0.15, 0.2) is 5.78 Å². The summed E-state index contributed by atoms with van der Waals surface area (Å²) in [5.41, 5.74) is 2.82. The summed E-state index contributed by atoms with van der Waals surface area (Å²) in [7, 11) is -3.92. The van der Waals surface area contributed by atoms with E-state index in [2.05, 4.69) is 9.71 Å². The Hall–Kier alpha value is -3.00. The van der Waals surface area contributed by atoms with Crippen molar-refractivity contribution in [2.24, 2.45) is 10.9 Å². The highest BCUT2D eigenvalue weighted by molar-refractivity contribution is 7.92. The number of Topliss-reactive ketones (excluding diaryl/α,β-unsaturated/α-hetero) is 1. The fourth-order valence-electron chi connectivity index (χ4n) is 3.87. The number of amides is 1. The van der Waals surface area contributed by atoms with Gasteiger partial charge in [0.2, 0.25) is 5.91 Å². The molecule has 0 fully saturated rings. The van der Waals surface area contributed by atoms with E-state index in [0.29, 0.717) is 24.5 Å². The lowest BCUT2D eigenvalue weighted by atomic mass is 9.93. The molecule has 2 aromatic carbocycles. The van der Waals surface area contributed by atoms with Crippen molar-refractivity contribution in [3.8, 4) is 0 Å². The Balaban J connectivity index is 1.90. The first-order valence-electron chi connectivity index (χ1n) is 10.8. The van der Waals surface area contributed by atoms with Crippen LogP contribution < -0.4 is 4.72 Å². The van der Waals surface area contributed by atoms with Gasteiger partial charge in [0, 0.05) is 30.6 Å². The van der Waals surface area contributed by atoms with Crippen molar-refractivity contribution in [1.29, 1.82) is 0 Å². The zero-order valence-corrected chi connectivity index (χ0v) is 19.7. The van der Waals surface area contributed by atoms with Gasteiger partial charge in [-0.25, -0.2) is 8.42 Å². The normalized spacial score (nSPS) is 15.4. The first kappa shape index (κ1) is 23.7. The summed E-state index contributed by atoms with van der Waals surface area (Å²) in [5, 5.41) is 0. The van der Waals surface area contributed by atoms with E-state index in [9.17, 15) is 18.0 Å². The number of carbonyl (C=O) groups excluding carboxylic acids is 2. The minimum Gasteiger partial charge on any atom is -0.342 e. The lowest BCUT2D eigenvalue weighted by molar-refractivity contribution is -0.132. The van der Waals surface area contributed by atoms with Gasteiger partial charge in [0.05, 0.1) is 10.6 Å². The van der Waals surface area contributed by atoms with E-state index in [0.717, 1.165) is 24.0 Å². The Morgan fingerprint density at radius 1 is 1.03 bits per heavy atom. The van der Waals surface area contributed by atoms with Crippen molar-refractivity contribution in [1.82, 2.24) is 4.90 Å². The number of rotatable bonds is 8. The minimum absolute atomic E-state index is 0.0500. The van der Waals surface area contributed by atoms with E-state index in [1.807, 2.05) is 33.8 Å². The number of sulfonamides is 1. The first-order chi connectivity index (χ1) is 15.2. The number of aliphatic imine (C=N–C) groups is 1. The Morgan fingerprint density at radius 2 is 1.66 bits per heavy atom. The number of hydrogen-bond acceptors (Lipinski definition) is 5. The average molecular weight is 456 g/mol. The van der Waals surface area contributed by atoms with Crippen LogP contribution in [0.5, 0.6) is 0 Å². The van der Waals surface area contributed by atoms with Crippen LogP contribution in [-0.4, -0.2) is 44.3 Å². The van der Waals surface area contributed by atoms with Gasteiger partial charge >= 0.3 is 0 Å². The molecule has 0 aromatic heterocycles. The molecule has 1 atom stereocenters. The van der Waals surface area contributed by atoms with Gasteiger partial charge < -0.3 is 4.90 Å². The zero-order chi connectivity index (χ0) is 23.5. The van der Waals surface area contributed by atoms with Gasteiger partial charge in [-0.3, -0.25) is 19.3 Å². The van der Waals surface area contributed by atoms with Crippen molar-refractivity contribution in [2.75, 3.05) is 17.8 Å². The summed E-state index contributed by atoms with van der Waals surface area (Å²) in [6.45, 7) is 8.84. The summed E-state index contributed by atoms with van der Waals surface area (Å²) >= 11 is 0. The fourth-order valence-corrected chi connectivity index (χ4v) is 4.94. The molecule has 0 spiro atoms. The quantitative estimate of drug-likeness (QED) is 0.601. The van der Waals surface area contributed by atoms with Crippen LogP contribution in [0.2, 0.25) is 0 Å². The van der Waals surface area contributed by atoms with Crippen molar-refractivity contribution in [3.05, 3.63) is 53.1 Å². The smallest absolute Gasteiger partial charge is 0.261 e. The maximum absolute atomic E-state index is 13.1. The largest absolute Gasteiger partial charge is 0.342 e. The van der Waals surface area contributed by atoms with Crippen LogP contribution in [0, 0.1) is 19.8 Å². The lowest BCUT2D eigenvalue weighted by Gasteiger charge is -2.26. The molecule has 0 saturated heterocycles. The Labute approximate surface area is 189 Å². The van der Waals surface area contributed by atoms with Crippen molar-refractivity contribution >= 4 is 39.3 Å². The second-order valence-corrected chi connectivity index (χ2v) is 9.79. The molecular formula is C24H29N3O4S. The summed E-state index contributed by atoms with van der Waals surface area (Å²) < 4.78 is 28.5. The summed E-state index contributed by atoms with van der Waals surface area (Å²) in [6.07, 6.45) is 2.94. The summed E-state index contributed by atoms with van der Waals surface area (Å²) in [4.78, 5) is 32.0. The maximum Gasteiger partial charge on any atom is 0.261 e.